The molecule has 0 aromatic rings. The molecule has 0 heterocycles. The standard InChI is InChI=1S/C12H27NO3/c1-3-5-8-16-9-6-7-13-10-12(14)11-15-4-2/h12-14H,3-11H2,1-2H3. The van der Waals surface area contributed by atoms with Crippen LogP contribution in [0.5, 0.6) is 0 Å². The van der Waals surface area contributed by atoms with Crippen LogP contribution in [0.1, 0.15) is 33.1 Å². The van der Waals surface area contributed by atoms with E-state index in [0.717, 1.165) is 32.6 Å². The molecule has 0 fully saturated rings. The Morgan fingerprint density at radius 2 is 1.88 bits per heavy atom. The fraction of sp³-hybridized carbons (Fsp3) is 1.00. The number of aliphatic hydroxyl groups excluding tert-OH is 1. The molecule has 1 atom stereocenters. The van der Waals surface area contributed by atoms with Crippen LogP contribution in [0.4, 0.5) is 0 Å². The maximum atomic E-state index is 9.43. The zero-order valence-corrected chi connectivity index (χ0v) is 10.7. The lowest BCUT2D eigenvalue weighted by atomic mass is 10.3. The van der Waals surface area contributed by atoms with E-state index in [1.54, 1.807) is 0 Å². The van der Waals surface area contributed by atoms with Gasteiger partial charge in [0.2, 0.25) is 0 Å². The lowest BCUT2D eigenvalue weighted by molar-refractivity contribution is 0.0425. The van der Waals surface area contributed by atoms with Gasteiger partial charge < -0.3 is 19.9 Å². The summed E-state index contributed by atoms with van der Waals surface area (Å²) in [6.07, 6.45) is 2.91. The first-order valence-corrected chi connectivity index (χ1v) is 6.35. The highest BCUT2D eigenvalue weighted by Gasteiger charge is 2.01. The molecule has 0 radical (unpaired) electrons. The van der Waals surface area contributed by atoms with Crippen LogP contribution in [0.3, 0.4) is 0 Å². The predicted molar refractivity (Wildman–Crippen MR) is 65.7 cm³/mol. The van der Waals surface area contributed by atoms with Gasteiger partial charge in [0.05, 0.1) is 12.7 Å². The molecule has 0 aliphatic rings. The molecule has 4 nitrogen and oxygen atoms in total. The Bertz CT molecular complexity index is 133. The van der Waals surface area contributed by atoms with Crippen molar-refractivity contribution in [2.24, 2.45) is 0 Å². The highest BCUT2D eigenvalue weighted by atomic mass is 16.5. The Balaban J connectivity index is 3.02. The van der Waals surface area contributed by atoms with E-state index in [0.29, 0.717) is 19.8 Å². The first-order valence-electron chi connectivity index (χ1n) is 6.35. The third-order valence-corrected chi connectivity index (χ3v) is 2.18. The molecule has 0 aliphatic heterocycles. The van der Waals surface area contributed by atoms with Gasteiger partial charge in [-0.3, -0.25) is 0 Å². The Morgan fingerprint density at radius 1 is 1.12 bits per heavy atom. The first-order chi connectivity index (χ1) is 7.81. The molecule has 0 aromatic carbocycles. The number of aliphatic hydroxyl groups is 1. The average molecular weight is 233 g/mol. The predicted octanol–water partition coefficient (Wildman–Crippen LogP) is 1.18. The summed E-state index contributed by atoms with van der Waals surface area (Å²) in [5.41, 5.74) is 0. The Morgan fingerprint density at radius 3 is 2.56 bits per heavy atom. The summed E-state index contributed by atoms with van der Waals surface area (Å²) in [4.78, 5) is 0. The van der Waals surface area contributed by atoms with Crippen LogP contribution in [-0.2, 0) is 9.47 Å². The minimum Gasteiger partial charge on any atom is -0.389 e. The Hall–Kier alpha value is -0.160. The lowest BCUT2D eigenvalue weighted by Crippen LogP contribution is -2.31. The van der Waals surface area contributed by atoms with Crippen molar-refractivity contribution in [3.8, 4) is 0 Å². The van der Waals surface area contributed by atoms with E-state index >= 15 is 0 Å². The number of hydrogen-bond donors (Lipinski definition) is 2. The molecular formula is C12H27NO3. The van der Waals surface area contributed by atoms with Crippen molar-refractivity contribution < 1.29 is 14.6 Å². The van der Waals surface area contributed by atoms with Gasteiger partial charge in [0, 0.05) is 26.4 Å². The van der Waals surface area contributed by atoms with Crippen LogP contribution in [0.2, 0.25) is 0 Å². The van der Waals surface area contributed by atoms with Gasteiger partial charge in [0.25, 0.3) is 0 Å². The highest BCUT2D eigenvalue weighted by molar-refractivity contribution is 4.57. The molecule has 0 aromatic heterocycles. The van der Waals surface area contributed by atoms with Crippen LogP contribution in [0.15, 0.2) is 0 Å². The summed E-state index contributed by atoms with van der Waals surface area (Å²) in [6.45, 7) is 8.29. The molecule has 4 heteroatoms. The monoisotopic (exact) mass is 233 g/mol. The summed E-state index contributed by atoms with van der Waals surface area (Å²) in [5, 5.41) is 12.6. The van der Waals surface area contributed by atoms with Crippen molar-refractivity contribution >= 4 is 0 Å². The third kappa shape index (κ3) is 11.9. The van der Waals surface area contributed by atoms with Crippen LogP contribution in [-0.4, -0.2) is 50.7 Å². The lowest BCUT2D eigenvalue weighted by Gasteiger charge is -2.11. The number of nitrogens with one attached hydrogen (secondary N) is 1. The first kappa shape index (κ1) is 15.8. The second-order valence-electron chi connectivity index (χ2n) is 3.84. The normalized spacial score (nSPS) is 12.9. The average Bonchev–Trinajstić information content (AvgIpc) is 2.30. The van der Waals surface area contributed by atoms with E-state index in [-0.39, 0.29) is 0 Å². The highest BCUT2D eigenvalue weighted by Crippen LogP contribution is 1.89. The van der Waals surface area contributed by atoms with E-state index < -0.39 is 6.10 Å². The topological polar surface area (TPSA) is 50.7 Å². The molecule has 2 N–H and O–H groups in total. The largest absolute Gasteiger partial charge is 0.389 e. The molecule has 0 rings (SSSR count). The molecule has 0 amide bonds. The van der Waals surface area contributed by atoms with Gasteiger partial charge in [-0.25, -0.2) is 0 Å². The van der Waals surface area contributed by atoms with Crippen molar-refractivity contribution in [1.29, 1.82) is 0 Å². The van der Waals surface area contributed by atoms with E-state index in [4.69, 9.17) is 9.47 Å². The molecule has 0 saturated heterocycles. The molecule has 16 heavy (non-hydrogen) atoms. The van der Waals surface area contributed by atoms with Crippen LogP contribution >= 0.6 is 0 Å². The number of ether oxygens (including phenoxy) is 2. The molecular weight excluding hydrogens is 206 g/mol. The zero-order valence-electron chi connectivity index (χ0n) is 10.7. The van der Waals surface area contributed by atoms with E-state index in [1.165, 1.54) is 6.42 Å². The van der Waals surface area contributed by atoms with Gasteiger partial charge in [0.1, 0.15) is 0 Å². The van der Waals surface area contributed by atoms with Crippen molar-refractivity contribution in [2.45, 2.75) is 39.2 Å². The summed E-state index contributed by atoms with van der Waals surface area (Å²) < 4.78 is 10.5. The number of unbranched alkanes of at least 4 members (excludes halogenated alkanes) is 1. The van der Waals surface area contributed by atoms with Crippen LogP contribution in [0, 0.1) is 0 Å². The Labute approximate surface area is 99.3 Å². The van der Waals surface area contributed by atoms with E-state index in [1.807, 2.05) is 6.92 Å². The molecule has 0 aliphatic carbocycles. The van der Waals surface area contributed by atoms with Gasteiger partial charge >= 0.3 is 0 Å². The van der Waals surface area contributed by atoms with Crippen molar-refractivity contribution in [3.05, 3.63) is 0 Å². The quantitative estimate of drug-likeness (QED) is 0.497. The van der Waals surface area contributed by atoms with Gasteiger partial charge in [0.15, 0.2) is 0 Å². The molecule has 1 unspecified atom stereocenters. The number of hydrogen-bond acceptors (Lipinski definition) is 4. The maximum Gasteiger partial charge on any atom is 0.0897 e. The van der Waals surface area contributed by atoms with Gasteiger partial charge in [-0.05, 0) is 26.3 Å². The van der Waals surface area contributed by atoms with Crippen LogP contribution in [0.25, 0.3) is 0 Å². The fourth-order valence-corrected chi connectivity index (χ4v) is 1.23. The van der Waals surface area contributed by atoms with E-state index in [9.17, 15) is 5.11 Å². The van der Waals surface area contributed by atoms with Gasteiger partial charge in [-0.15, -0.1) is 0 Å². The summed E-state index contributed by atoms with van der Waals surface area (Å²) in [6, 6.07) is 0. The molecule has 0 bridgehead atoms. The smallest absolute Gasteiger partial charge is 0.0897 e. The summed E-state index contributed by atoms with van der Waals surface area (Å²) in [5.74, 6) is 0. The zero-order chi connectivity index (χ0) is 12.1. The van der Waals surface area contributed by atoms with Crippen molar-refractivity contribution in [3.63, 3.8) is 0 Å². The summed E-state index contributed by atoms with van der Waals surface area (Å²) >= 11 is 0. The van der Waals surface area contributed by atoms with Crippen molar-refractivity contribution in [2.75, 3.05) is 39.5 Å². The van der Waals surface area contributed by atoms with E-state index in [2.05, 4.69) is 12.2 Å². The Kier molecular flexibility index (Phi) is 12.8. The van der Waals surface area contributed by atoms with Crippen molar-refractivity contribution in [1.82, 2.24) is 5.32 Å². The molecule has 98 valence electrons. The second-order valence-corrected chi connectivity index (χ2v) is 3.84. The van der Waals surface area contributed by atoms with Gasteiger partial charge in [-0.2, -0.15) is 0 Å². The third-order valence-electron chi connectivity index (χ3n) is 2.18. The second kappa shape index (κ2) is 12.9. The fourth-order valence-electron chi connectivity index (χ4n) is 1.23. The minimum absolute atomic E-state index is 0.402. The SMILES string of the molecule is CCCCOCCCNCC(O)COCC. The minimum atomic E-state index is -0.402. The van der Waals surface area contributed by atoms with Gasteiger partial charge in [-0.1, -0.05) is 13.3 Å². The molecule has 0 spiro atoms. The van der Waals surface area contributed by atoms with Crippen LogP contribution < -0.4 is 5.32 Å². The maximum absolute atomic E-state index is 9.43. The summed E-state index contributed by atoms with van der Waals surface area (Å²) in [7, 11) is 0. The number of rotatable bonds is 12. The molecule has 0 saturated carbocycles.